The maximum absolute atomic E-state index is 10.6. The van der Waals surface area contributed by atoms with Gasteiger partial charge in [-0.3, -0.25) is 0 Å². The monoisotopic (exact) mass is 240 g/mol. The van der Waals surface area contributed by atoms with Crippen LogP contribution in [0.15, 0.2) is 24.3 Å². The number of aliphatic carboxylic acids is 1. The van der Waals surface area contributed by atoms with E-state index in [4.69, 9.17) is 14.6 Å². The average molecular weight is 240 g/mol. The van der Waals surface area contributed by atoms with Crippen molar-refractivity contribution in [3.63, 3.8) is 0 Å². The highest BCUT2D eigenvalue weighted by Gasteiger charge is 2.30. The lowest BCUT2D eigenvalue weighted by molar-refractivity contribution is -0.159. The van der Waals surface area contributed by atoms with Crippen LogP contribution in [0.1, 0.15) is 13.8 Å². The molecule has 2 N–H and O–H groups in total. The van der Waals surface area contributed by atoms with E-state index in [1.165, 1.54) is 6.92 Å². The number of benzene rings is 1. The second-order valence-corrected chi connectivity index (χ2v) is 3.77. The largest absolute Gasteiger partial charge is 0.494 e. The van der Waals surface area contributed by atoms with Crippen molar-refractivity contribution in [2.75, 3.05) is 13.2 Å². The van der Waals surface area contributed by atoms with Gasteiger partial charge in [-0.2, -0.15) is 0 Å². The van der Waals surface area contributed by atoms with Gasteiger partial charge in [0.15, 0.2) is 5.60 Å². The van der Waals surface area contributed by atoms with Crippen LogP contribution >= 0.6 is 0 Å². The van der Waals surface area contributed by atoms with Crippen molar-refractivity contribution in [2.45, 2.75) is 19.4 Å². The van der Waals surface area contributed by atoms with Crippen molar-refractivity contribution >= 4 is 5.97 Å². The fourth-order valence-electron chi connectivity index (χ4n) is 1.08. The summed E-state index contributed by atoms with van der Waals surface area (Å²) in [6.07, 6.45) is 0. The molecule has 0 aliphatic rings. The smallest absolute Gasteiger partial charge is 0.339 e. The second-order valence-electron chi connectivity index (χ2n) is 3.77. The zero-order valence-corrected chi connectivity index (χ0v) is 9.84. The van der Waals surface area contributed by atoms with Crippen molar-refractivity contribution < 1.29 is 24.5 Å². The minimum absolute atomic E-state index is 0.309. The Morgan fingerprint density at radius 3 is 2.12 bits per heavy atom. The fraction of sp³-hybridized carbons (Fsp3) is 0.417. The molecule has 0 amide bonds. The lowest BCUT2D eigenvalue weighted by Gasteiger charge is -2.18. The minimum atomic E-state index is -1.89. The molecule has 1 atom stereocenters. The van der Waals surface area contributed by atoms with E-state index in [0.717, 1.165) is 0 Å². The first-order chi connectivity index (χ1) is 7.95. The molecule has 0 spiro atoms. The number of carbonyl (C=O) groups is 1. The molecule has 17 heavy (non-hydrogen) atoms. The summed E-state index contributed by atoms with van der Waals surface area (Å²) in [6, 6.07) is 6.74. The number of rotatable bonds is 6. The first kappa shape index (κ1) is 13.3. The Kier molecular flexibility index (Phi) is 4.34. The summed E-state index contributed by atoms with van der Waals surface area (Å²) >= 11 is 0. The van der Waals surface area contributed by atoms with Gasteiger partial charge < -0.3 is 19.7 Å². The summed E-state index contributed by atoms with van der Waals surface area (Å²) < 4.78 is 10.4. The van der Waals surface area contributed by atoms with E-state index in [0.29, 0.717) is 18.1 Å². The maximum atomic E-state index is 10.6. The first-order valence-electron chi connectivity index (χ1n) is 5.27. The fourth-order valence-corrected chi connectivity index (χ4v) is 1.08. The molecule has 5 heteroatoms. The normalized spacial score (nSPS) is 13.8. The summed E-state index contributed by atoms with van der Waals surface area (Å²) in [6.45, 7) is 3.34. The Balaban J connectivity index is 2.55. The number of hydrogen-bond acceptors (Lipinski definition) is 4. The SMILES string of the molecule is CCOc1ccc(OCC(C)(O)C(=O)O)cc1. The quantitative estimate of drug-likeness (QED) is 0.783. The molecular formula is C12H16O5. The third kappa shape index (κ3) is 3.96. The summed E-state index contributed by atoms with van der Waals surface area (Å²) in [4.78, 5) is 10.6. The van der Waals surface area contributed by atoms with E-state index < -0.39 is 11.6 Å². The van der Waals surface area contributed by atoms with Crippen molar-refractivity contribution in [1.29, 1.82) is 0 Å². The number of carboxylic acid groups (broad SMARTS) is 1. The summed E-state index contributed by atoms with van der Waals surface area (Å²) in [7, 11) is 0. The molecule has 1 unspecified atom stereocenters. The standard InChI is InChI=1S/C12H16O5/c1-3-16-9-4-6-10(7-5-9)17-8-12(2,15)11(13)14/h4-7,15H,3,8H2,1-2H3,(H,13,14). The van der Waals surface area contributed by atoms with Crippen LogP contribution < -0.4 is 9.47 Å². The third-order valence-electron chi connectivity index (χ3n) is 2.12. The highest BCUT2D eigenvalue weighted by atomic mass is 16.5. The van der Waals surface area contributed by atoms with Crippen LogP contribution in [0.3, 0.4) is 0 Å². The van der Waals surface area contributed by atoms with Crippen LogP contribution in [-0.4, -0.2) is 35.0 Å². The molecule has 94 valence electrons. The molecule has 5 nitrogen and oxygen atoms in total. The summed E-state index contributed by atoms with van der Waals surface area (Å²) in [5.41, 5.74) is -1.89. The van der Waals surface area contributed by atoms with Crippen LogP contribution in [0.25, 0.3) is 0 Å². The van der Waals surface area contributed by atoms with E-state index in [2.05, 4.69) is 0 Å². The van der Waals surface area contributed by atoms with Crippen LogP contribution in [0, 0.1) is 0 Å². The van der Waals surface area contributed by atoms with Gasteiger partial charge in [0.05, 0.1) is 6.61 Å². The van der Waals surface area contributed by atoms with Crippen LogP contribution in [-0.2, 0) is 4.79 Å². The van der Waals surface area contributed by atoms with Gasteiger partial charge >= 0.3 is 5.97 Å². The Hall–Kier alpha value is -1.75. The second kappa shape index (κ2) is 5.54. The van der Waals surface area contributed by atoms with E-state index in [1.807, 2.05) is 6.92 Å². The molecular weight excluding hydrogens is 224 g/mol. The van der Waals surface area contributed by atoms with Crippen molar-refractivity contribution in [1.82, 2.24) is 0 Å². The lowest BCUT2D eigenvalue weighted by Crippen LogP contribution is -2.41. The lowest BCUT2D eigenvalue weighted by atomic mass is 10.1. The zero-order valence-electron chi connectivity index (χ0n) is 9.84. The Bertz CT molecular complexity index is 369. The topological polar surface area (TPSA) is 76.0 Å². The van der Waals surface area contributed by atoms with Gasteiger partial charge in [-0.15, -0.1) is 0 Å². The van der Waals surface area contributed by atoms with E-state index >= 15 is 0 Å². The van der Waals surface area contributed by atoms with Crippen LogP contribution in [0.2, 0.25) is 0 Å². The van der Waals surface area contributed by atoms with E-state index in [1.54, 1.807) is 24.3 Å². The molecule has 1 aromatic carbocycles. The van der Waals surface area contributed by atoms with Crippen molar-refractivity contribution in [3.05, 3.63) is 24.3 Å². The van der Waals surface area contributed by atoms with Gasteiger partial charge in [-0.25, -0.2) is 4.79 Å². The van der Waals surface area contributed by atoms with Crippen LogP contribution in [0.4, 0.5) is 0 Å². The van der Waals surface area contributed by atoms with Gasteiger partial charge in [0.1, 0.15) is 18.1 Å². The van der Waals surface area contributed by atoms with E-state index in [9.17, 15) is 9.90 Å². The molecule has 0 aliphatic carbocycles. The zero-order chi connectivity index (χ0) is 12.9. The number of aliphatic hydroxyl groups is 1. The predicted octanol–water partition coefficient (Wildman–Crippen LogP) is 1.30. The molecule has 0 bridgehead atoms. The molecule has 0 radical (unpaired) electrons. The number of hydrogen-bond donors (Lipinski definition) is 2. The first-order valence-corrected chi connectivity index (χ1v) is 5.27. The molecule has 0 saturated carbocycles. The van der Waals surface area contributed by atoms with Gasteiger partial charge in [0.25, 0.3) is 0 Å². The Morgan fingerprint density at radius 2 is 1.71 bits per heavy atom. The van der Waals surface area contributed by atoms with Crippen molar-refractivity contribution in [2.24, 2.45) is 0 Å². The number of carboxylic acids is 1. The summed E-state index contributed by atoms with van der Waals surface area (Å²) in [5, 5.41) is 18.1. The maximum Gasteiger partial charge on any atom is 0.339 e. The number of ether oxygens (including phenoxy) is 2. The predicted molar refractivity (Wildman–Crippen MR) is 61.4 cm³/mol. The third-order valence-corrected chi connectivity index (χ3v) is 2.12. The minimum Gasteiger partial charge on any atom is -0.494 e. The van der Waals surface area contributed by atoms with Gasteiger partial charge in [-0.05, 0) is 38.1 Å². The molecule has 0 fully saturated rings. The molecule has 0 saturated heterocycles. The molecule has 1 aromatic rings. The summed E-state index contributed by atoms with van der Waals surface area (Å²) in [5.74, 6) is -0.122. The van der Waals surface area contributed by atoms with Gasteiger partial charge in [-0.1, -0.05) is 0 Å². The van der Waals surface area contributed by atoms with E-state index in [-0.39, 0.29) is 6.61 Å². The highest BCUT2D eigenvalue weighted by molar-refractivity contribution is 5.76. The Labute approximate surface area is 99.6 Å². The molecule has 0 aromatic heterocycles. The molecule has 1 rings (SSSR count). The van der Waals surface area contributed by atoms with Crippen molar-refractivity contribution in [3.8, 4) is 11.5 Å². The van der Waals surface area contributed by atoms with Gasteiger partial charge in [0, 0.05) is 0 Å². The molecule has 0 aliphatic heterocycles. The highest BCUT2D eigenvalue weighted by Crippen LogP contribution is 2.18. The average Bonchev–Trinajstić information content (AvgIpc) is 2.28. The van der Waals surface area contributed by atoms with Gasteiger partial charge in [0.2, 0.25) is 0 Å². The Morgan fingerprint density at radius 1 is 1.24 bits per heavy atom. The molecule has 0 heterocycles. The van der Waals surface area contributed by atoms with Crippen LogP contribution in [0.5, 0.6) is 11.5 Å².